The first-order chi connectivity index (χ1) is 8.47. The van der Waals surface area contributed by atoms with Crippen LogP contribution in [0.25, 0.3) is 0 Å². The van der Waals surface area contributed by atoms with Crippen molar-refractivity contribution in [3.8, 4) is 0 Å². The summed E-state index contributed by atoms with van der Waals surface area (Å²) in [4.78, 5) is 24.6. The highest BCUT2D eigenvalue weighted by Crippen LogP contribution is 2.28. The fraction of sp³-hybridized carbons (Fsp3) is 0.429. The molecule has 0 atom stereocenters. The third-order valence-corrected chi connectivity index (χ3v) is 3.02. The molecule has 1 aliphatic carbocycles. The molecular formula is C14H17NO3. The highest BCUT2D eigenvalue weighted by Gasteiger charge is 2.34. The molecule has 0 bridgehead atoms. The largest absolute Gasteiger partial charge is 0.480 e. The molecule has 1 aliphatic rings. The van der Waals surface area contributed by atoms with Crippen LogP contribution in [-0.4, -0.2) is 34.5 Å². The molecule has 1 saturated carbocycles. The van der Waals surface area contributed by atoms with Gasteiger partial charge in [-0.1, -0.05) is 17.2 Å². The van der Waals surface area contributed by atoms with Crippen LogP contribution in [0.15, 0.2) is 18.2 Å². The average Bonchev–Trinajstić information content (AvgIpc) is 3.07. The molecule has 0 aliphatic heterocycles. The zero-order valence-corrected chi connectivity index (χ0v) is 10.6. The molecule has 0 radical (unpaired) electrons. The predicted octanol–water partition coefficient (Wildman–Crippen LogP) is 1.99. The fourth-order valence-electron chi connectivity index (χ4n) is 2.16. The number of amides is 1. The number of aliphatic carboxylic acids is 1. The van der Waals surface area contributed by atoms with Crippen molar-refractivity contribution in [2.45, 2.75) is 32.7 Å². The second kappa shape index (κ2) is 4.80. The van der Waals surface area contributed by atoms with E-state index in [2.05, 4.69) is 0 Å². The molecule has 0 heterocycles. The van der Waals surface area contributed by atoms with Crippen molar-refractivity contribution in [3.63, 3.8) is 0 Å². The van der Waals surface area contributed by atoms with Crippen molar-refractivity contribution in [1.29, 1.82) is 0 Å². The SMILES string of the molecule is Cc1cc(C)cc(C(=O)N(CC(=O)O)C2CC2)c1. The van der Waals surface area contributed by atoms with Gasteiger partial charge in [0, 0.05) is 11.6 Å². The molecule has 0 saturated heterocycles. The van der Waals surface area contributed by atoms with E-state index in [0.29, 0.717) is 5.56 Å². The minimum absolute atomic E-state index is 0.106. The number of nitrogens with zero attached hydrogens (tertiary/aromatic N) is 1. The summed E-state index contributed by atoms with van der Waals surface area (Å²) >= 11 is 0. The summed E-state index contributed by atoms with van der Waals surface area (Å²) in [5, 5.41) is 8.87. The number of rotatable bonds is 4. The van der Waals surface area contributed by atoms with Crippen LogP contribution in [0.2, 0.25) is 0 Å². The number of benzene rings is 1. The second-order valence-corrected chi connectivity index (χ2v) is 4.93. The molecule has 18 heavy (non-hydrogen) atoms. The van der Waals surface area contributed by atoms with Gasteiger partial charge in [-0.15, -0.1) is 0 Å². The van der Waals surface area contributed by atoms with Crippen LogP contribution >= 0.6 is 0 Å². The summed E-state index contributed by atoms with van der Waals surface area (Å²) in [6.45, 7) is 3.65. The summed E-state index contributed by atoms with van der Waals surface area (Å²) < 4.78 is 0. The van der Waals surface area contributed by atoms with Gasteiger partial charge in [0.2, 0.25) is 0 Å². The van der Waals surface area contributed by atoms with Crippen molar-refractivity contribution >= 4 is 11.9 Å². The van der Waals surface area contributed by atoms with Gasteiger partial charge in [0.15, 0.2) is 0 Å². The van der Waals surface area contributed by atoms with Crippen LogP contribution in [0.1, 0.15) is 34.3 Å². The lowest BCUT2D eigenvalue weighted by Gasteiger charge is -2.20. The lowest BCUT2D eigenvalue weighted by molar-refractivity contribution is -0.137. The Labute approximate surface area is 106 Å². The molecule has 1 amide bonds. The van der Waals surface area contributed by atoms with Gasteiger partial charge in [-0.05, 0) is 38.8 Å². The van der Waals surface area contributed by atoms with Crippen LogP contribution < -0.4 is 0 Å². The maximum Gasteiger partial charge on any atom is 0.323 e. The Kier molecular flexibility index (Phi) is 3.36. The maximum atomic E-state index is 12.3. The number of aryl methyl sites for hydroxylation is 2. The van der Waals surface area contributed by atoms with Crippen molar-refractivity contribution in [2.75, 3.05) is 6.54 Å². The Morgan fingerprint density at radius 2 is 1.78 bits per heavy atom. The summed E-state index contributed by atoms with van der Waals surface area (Å²) in [7, 11) is 0. The first-order valence-electron chi connectivity index (χ1n) is 6.08. The molecule has 1 fully saturated rings. The van der Waals surface area contributed by atoms with E-state index in [1.54, 1.807) is 0 Å². The van der Waals surface area contributed by atoms with Gasteiger partial charge in [-0.25, -0.2) is 0 Å². The van der Waals surface area contributed by atoms with E-state index in [9.17, 15) is 9.59 Å². The van der Waals surface area contributed by atoms with E-state index in [4.69, 9.17) is 5.11 Å². The smallest absolute Gasteiger partial charge is 0.323 e. The van der Waals surface area contributed by atoms with Crippen molar-refractivity contribution in [1.82, 2.24) is 4.90 Å². The molecule has 4 nitrogen and oxygen atoms in total. The van der Waals surface area contributed by atoms with E-state index >= 15 is 0 Å². The highest BCUT2D eigenvalue weighted by molar-refractivity contribution is 5.96. The third kappa shape index (κ3) is 2.88. The molecule has 0 unspecified atom stereocenters. The monoisotopic (exact) mass is 247 g/mol. The van der Waals surface area contributed by atoms with Gasteiger partial charge < -0.3 is 10.0 Å². The lowest BCUT2D eigenvalue weighted by atomic mass is 10.1. The van der Waals surface area contributed by atoms with E-state index in [-0.39, 0.29) is 18.5 Å². The number of carbonyl (C=O) groups is 2. The predicted molar refractivity (Wildman–Crippen MR) is 67.6 cm³/mol. The Morgan fingerprint density at radius 3 is 2.22 bits per heavy atom. The van der Waals surface area contributed by atoms with E-state index < -0.39 is 5.97 Å². The number of hydrogen-bond donors (Lipinski definition) is 1. The number of carbonyl (C=O) groups excluding carboxylic acids is 1. The standard InChI is InChI=1S/C14H17NO3/c1-9-5-10(2)7-11(6-9)14(18)15(8-13(16)17)12-3-4-12/h5-7,12H,3-4,8H2,1-2H3,(H,16,17). The molecule has 4 heteroatoms. The Morgan fingerprint density at radius 1 is 1.22 bits per heavy atom. The Hall–Kier alpha value is -1.84. The van der Waals surface area contributed by atoms with Gasteiger partial charge in [0.1, 0.15) is 6.54 Å². The van der Waals surface area contributed by atoms with Crippen molar-refractivity contribution < 1.29 is 14.7 Å². The summed E-state index contributed by atoms with van der Waals surface area (Å²) in [6, 6.07) is 5.73. The summed E-state index contributed by atoms with van der Waals surface area (Å²) in [5.41, 5.74) is 2.62. The molecule has 1 aromatic rings. The average molecular weight is 247 g/mol. The zero-order valence-electron chi connectivity index (χ0n) is 10.6. The van der Waals surface area contributed by atoms with Gasteiger partial charge in [-0.3, -0.25) is 9.59 Å². The molecule has 96 valence electrons. The minimum Gasteiger partial charge on any atom is -0.480 e. The molecule has 1 N–H and O–H groups in total. The van der Waals surface area contributed by atoms with E-state index in [1.165, 1.54) is 4.90 Å². The highest BCUT2D eigenvalue weighted by atomic mass is 16.4. The van der Waals surface area contributed by atoms with Crippen LogP contribution in [0.5, 0.6) is 0 Å². The molecule has 1 aromatic carbocycles. The first kappa shape index (κ1) is 12.6. The van der Waals surface area contributed by atoms with Crippen molar-refractivity contribution in [2.24, 2.45) is 0 Å². The van der Waals surface area contributed by atoms with Gasteiger partial charge in [0.25, 0.3) is 5.91 Å². The van der Waals surface area contributed by atoms with Gasteiger partial charge in [-0.2, -0.15) is 0 Å². The number of carboxylic acids is 1. The fourth-order valence-corrected chi connectivity index (χ4v) is 2.16. The molecule has 2 rings (SSSR count). The van der Waals surface area contributed by atoms with Gasteiger partial charge >= 0.3 is 5.97 Å². The summed E-state index contributed by atoms with van der Waals surface area (Å²) in [5.74, 6) is -1.13. The quantitative estimate of drug-likeness (QED) is 0.885. The Bertz CT molecular complexity index is 472. The minimum atomic E-state index is -0.959. The molecular weight excluding hydrogens is 230 g/mol. The second-order valence-electron chi connectivity index (χ2n) is 4.93. The molecule has 0 spiro atoms. The molecule has 0 aromatic heterocycles. The van der Waals surface area contributed by atoms with Crippen LogP contribution in [-0.2, 0) is 4.79 Å². The third-order valence-electron chi connectivity index (χ3n) is 3.02. The summed E-state index contributed by atoms with van der Waals surface area (Å²) in [6.07, 6.45) is 1.81. The number of carboxylic acid groups (broad SMARTS) is 1. The zero-order chi connectivity index (χ0) is 13.3. The van der Waals surface area contributed by atoms with Crippen LogP contribution in [0.3, 0.4) is 0 Å². The van der Waals surface area contributed by atoms with E-state index in [0.717, 1.165) is 24.0 Å². The normalized spacial score (nSPS) is 14.3. The maximum absolute atomic E-state index is 12.3. The van der Waals surface area contributed by atoms with Crippen molar-refractivity contribution in [3.05, 3.63) is 34.9 Å². The van der Waals surface area contributed by atoms with Gasteiger partial charge in [0.05, 0.1) is 0 Å². The van der Waals surface area contributed by atoms with Crippen LogP contribution in [0, 0.1) is 13.8 Å². The van der Waals surface area contributed by atoms with E-state index in [1.807, 2.05) is 32.0 Å². The lowest BCUT2D eigenvalue weighted by Crippen LogP contribution is -2.37. The first-order valence-corrected chi connectivity index (χ1v) is 6.08. The number of hydrogen-bond acceptors (Lipinski definition) is 2. The Balaban J connectivity index is 2.24. The topological polar surface area (TPSA) is 57.6 Å². The van der Waals surface area contributed by atoms with Crippen LogP contribution in [0.4, 0.5) is 0 Å².